The van der Waals surface area contributed by atoms with Gasteiger partial charge in [-0.05, 0) is 42.8 Å². The van der Waals surface area contributed by atoms with Crippen molar-refractivity contribution in [3.8, 4) is 5.69 Å². The molecular weight excluding hydrogens is 310 g/mol. The van der Waals surface area contributed by atoms with Gasteiger partial charge in [0, 0.05) is 18.0 Å². The number of hydrogen-bond acceptors (Lipinski definition) is 1. The van der Waals surface area contributed by atoms with Crippen LogP contribution in [0.1, 0.15) is 11.4 Å². The van der Waals surface area contributed by atoms with Crippen molar-refractivity contribution in [3.05, 3.63) is 58.6 Å². The molecule has 0 bridgehead atoms. The van der Waals surface area contributed by atoms with E-state index in [-0.39, 0.29) is 5.02 Å². The summed E-state index contributed by atoms with van der Waals surface area (Å²) in [6.45, 7) is 2.02. The molecule has 0 aliphatic rings. The first-order valence-electron chi connectivity index (χ1n) is 6.59. The zero-order valence-corrected chi connectivity index (χ0v) is 12.9. The van der Waals surface area contributed by atoms with Gasteiger partial charge in [-0.25, -0.2) is 9.37 Å². The second-order valence-electron chi connectivity index (χ2n) is 4.89. The molecule has 5 heteroatoms. The Bertz CT molecular complexity index is 811. The molecule has 1 heterocycles. The molecule has 0 amide bonds. The van der Waals surface area contributed by atoms with E-state index in [1.54, 1.807) is 12.1 Å². The van der Waals surface area contributed by atoms with Crippen LogP contribution in [0.4, 0.5) is 4.39 Å². The number of hydrogen-bond donors (Lipinski definition) is 0. The van der Waals surface area contributed by atoms with Crippen molar-refractivity contribution >= 4 is 34.2 Å². The van der Waals surface area contributed by atoms with Crippen LogP contribution in [-0.2, 0) is 6.42 Å². The van der Waals surface area contributed by atoms with E-state index in [9.17, 15) is 4.39 Å². The number of aromatic nitrogens is 2. The lowest BCUT2D eigenvalue weighted by Crippen LogP contribution is -2.02. The average Bonchev–Trinajstić information content (AvgIpc) is 2.79. The Morgan fingerprint density at radius 1 is 1.19 bits per heavy atom. The lowest BCUT2D eigenvalue weighted by Gasteiger charge is -2.09. The lowest BCUT2D eigenvalue weighted by molar-refractivity contribution is 0.627. The van der Waals surface area contributed by atoms with Crippen LogP contribution in [0.3, 0.4) is 0 Å². The summed E-state index contributed by atoms with van der Waals surface area (Å²) in [4.78, 5) is 4.63. The fraction of sp³-hybridized carbons (Fsp3) is 0.188. The number of benzene rings is 2. The van der Waals surface area contributed by atoms with Crippen molar-refractivity contribution in [1.82, 2.24) is 9.55 Å². The van der Waals surface area contributed by atoms with Gasteiger partial charge >= 0.3 is 0 Å². The zero-order valence-electron chi connectivity index (χ0n) is 11.4. The van der Waals surface area contributed by atoms with E-state index >= 15 is 0 Å². The average molecular weight is 323 g/mol. The van der Waals surface area contributed by atoms with Gasteiger partial charge in [0.05, 0.1) is 16.1 Å². The van der Waals surface area contributed by atoms with Crippen molar-refractivity contribution in [2.24, 2.45) is 0 Å². The van der Waals surface area contributed by atoms with Crippen molar-refractivity contribution in [2.45, 2.75) is 13.3 Å². The van der Waals surface area contributed by atoms with Crippen molar-refractivity contribution in [1.29, 1.82) is 0 Å². The second-order valence-corrected chi connectivity index (χ2v) is 5.68. The smallest absolute Gasteiger partial charge is 0.141 e. The Labute approximate surface area is 132 Å². The molecule has 0 fully saturated rings. The molecule has 0 unspecified atom stereocenters. The third kappa shape index (κ3) is 2.63. The predicted octanol–water partition coefficient (Wildman–Crippen LogP) is 4.91. The third-order valence-electron chi connectivity index (χ3n) is 3.36. The molecule has 0 spiro atoms. The van der Waals surface area contributed by atoms with Gasteiger partial charge in [-0.15, -0.1) is 11.6 Å². The maximum atomic E-state index is 13.4. The number of imidazole rings is 1. The Kier molecular flexibility index (Phi) is 3.87. The van der Waals surface area contributed by atoms with E-state index in [1.165, 1.54) is 6.07 Å². The Morgan fingerprint density at radius 2 is 2.00 bits per heavy atom. The molecule has 0 atom stereocenters. The Balaban J connectivity index is 2.27. The van der Waals surface area contributed by atoms with Gasteiger partial charge in [-0.1, -0.05) is 17.7 Å². The van der Waals surface area contributed by atoms with E-state index in [0.717, 1.165) is 28.1 Å². The maximum absolute atomic E-state index is 13.4. The minimum atomic E-state index is -0.431. The summed E-state index contributed by atoms with van der Waals surface area (Å²) in [7, 11) is 0. The number of nitrogens with zero attached hydrogens (tertiary/aromatic N) is 2. The molecule has 3 aromatic rings. The van der Waals surface area contributed by atoms with Gasteiger partial charge in [-0.3, -0.25) is 4.57 Å². The largest absolute Gasteiger partial charge is 0.296 e. The highest BCUT2D eigenvalue weighted by Gasteiger charge is 2.13. The standard InChI is InChI=1S/C16H13Cl2FN2/c1-10-2-5-15-14(8-10)20-16(6-7-17)21(15)11-3-4-13(19)12(18)9-11/h2-5,8-9H,6-7H2,1H3. The van der Waals surface area contributed by atoms with Crippen LogP contribution < -0.4 is 0 Å². The molecule has 21 heavy (non-hydrogen) atoms. The number of fused-ring (bicyclic) bond motifs is 1. The van der Waals surface area contributed by atoms with Gasteiger partial charge < -0.3 is 0 Å². The Morgan fingerprint density at radius 3 is 2.71 bits per heavy atom. The molecular formula is C16H13Cl2FN2. The van der Waals surface area contributed by atoms with Crippen LogP contribution in [0.2, 0.25) is 5.02 Å². The summed E-state index contributed by atoms with van der Waals surface area (Å²) in [6, 6.07) is 10.7. The quantitative estimate of drug-likeness (QED) is 0.626. The third-order valence-corrected chi connectivity index (χ3v) is 3.84. The summed E-state index contributed by atoms with van der Waals surface area (Å²) in [5.74, 6) is 0.880. The minimum absolute atomic E-state index is 0.0956. The van der Waals surface area contributed by atoms with E-state index in [0.29, 0.717) is 12.3 Å². The SMILES string of the molecule is Cc1ccc2c(c1)nc(CCCl)n2-c1ccc(F)c(Cl)c1. The van der Waals surface area contributed by atoms with E-state index < -0.39 is 5.82 Å². The predicted molar refractivity (Wildman–Crippen MR) is 85.2 cm³/mol. The summed E-state index contributed by atoms with van der Waals surface area (Å²) < 4.78 is 15.4. The van der Waals surface area contributed by atoms with Crippen LogP contribution in [0.15, 0.2) is 36.4 Å². The van der Waals surface area contributed by atoms with Gasteiger partial charge in [0.1, 0.15) is 11.6 Å². The molecule has 0 saturated heterocycles. The topological polar surface area (TPSA) is 17.8 Å². The fourth-order valence-corrected chi connectivity index (χ4v) is 2.75. The second kappa shape index (κ2) is 5.66. The Hall–Kier alpha value is -1.58. The maximum Gasteiger partial charge on any atom is 0.141 e. The van der Waals surface area contributed by atoms with Gasteiger partial charge in [-0.2, -0.15) is 0 Å². The van der Waals surface area contributed by atoms with Crippen LogP contribution in [0.5, 0.6) is 0 Å². The highest BCUT2D eigenvalue weighted by Crippen LogP contribution is 2.26. The molecule has 108 valence electrons. The van der Waals surface area contributed by atoms with Gasteiger partial charge in [0.2, 0.25) is 0 Å². The first-order valence-corrected chi connectivity index (χ1v) is 7.51. The number of rotatable bonds is 3. The van der Waals surface area contributed by atoms with E-state index in [4.69, 9.17) is 23.2 Å². The van der Waals surface area contributed by atoms with Gasteiger partial charge in [0.15, 0.2) is 0 Å². The molecule has 0 N–H and O–H groups in total. The lowest BCUT2D eigenvalue weighted by atomic mass is 10.2. The molecule has 2 nitrogen and oxygen atoms in total. The zero-order chi connectivity index (χ0) is 15.0. The normalized spacial score (nSPS) is 11.2. The summed E-state index contributed by atoms with van der Waals surface area (Å²) in [5, 5.41) is 0.0956. The highest BCUT2D eigenvalue weighted by molar-refractivity contribution is 6.30. The molecule has 0 saturated carbocycles. The summed E-state index contributed by atoms with van der Waals surface area (Å²) in [5.41, 5.74) is 3.79. The van der Waals surface area contributed by atoms with Crippen LogP contribution >= 0.6 is 23.2 Å². The van der Waals surface area contributed by atoms with Crippen molar-refractivity contribution < 1.29 is 4.39 Å². The van der Waals surface area contributed by atoms with Crippen LogP contribution in [0, 0.1) is 12.7 Å². The molecule has 3 rings (SSSR count). The molecule has 2 aromatic carbocycles. The number of alkyl halides is 1. The molecule has 0 aliphatic heterocycles. The molecule has 0 radical (unpaired) electrons. The van der Waals surface area contributed by atoms with E-state index in [1.807, 2.05) is 29.7 Å². The molecule has 0 aliphatic carbocycles. The van der Waals surface area contributed by atoms with Crippen LogP contribution in [0.25, 0.3) is 16.7 Å². The van der Waals surface area contributed by atoms with Crippen molar-refractivity contribution in [3.63, 3.8) is 0 Å². The first-order chi connectivity index (χ1) is 10.1. The van der Waals surface area contributed by atoms with Crippen molar-refractivity contribution in [2.75, 3.05) is 5.88 Å². The minimum Gasteiger partial charge on any atom is -0.296 e. The number of halogens is 3. The van der Waals surface area contributed by atoms with Gasteiger partial charge in [0.25, 0.3) is 0 Å². The fourth-order valence-electron chi connectivity index (χ4n) is 2.40. The number of aryl methyl sites for hydroxylation is 2. The van der Waals surface area contributed by atoms with E-state index in [2.05, 4.69) is 4.98 Å². The summed E-state index contributed by atoms with van der Waals surface area (Å²) >= 11 is 11.8. The van der Waals surface area contributed by atoms with Crippen LogP contribution in [-0.4, -0.2) is 15.4 Å². The molecule has 1 aromatic heterocycles. The monoisotopic (exact) mass is 322 g/mol. The first kappa shape index (κ1) is 14.4. The highest BCUT2D eigenvalue weighted by atomic mass is 35.5. The summed E-state index contributed by atoms with van der Waals surface area (Å²) in [6.07, 6.45) is 0.629.